The van der Waals surface area contributed by atoms with Crippen LogP contribution in [0.5, 0.6) is 5.75 Å². The Labute approximate surface area is 88.1 Å². The summed E-state index contributed by atoms with van der Waals surface area (Å²) in [5.74, 6) is 0.691. The maximum Gasteiger partial charge on any atom is 0.267 e. The van der Waals surface area contributed by atoms with Crippen LogP contribution in [0, 0.1) is 0 Å². The van der Waals surface area contributed by atoms with E-state index in [0.717, 1.165) is 10.6 Å². The zero-order chi connectivity index (χ0) is 10.3. The van der Waals surface area contributed by atoms with Gasteiger partial charge in [-0.25, -0.2) is 0 Å². The van der Waals surface area contributed by atoms with Crippen molar-refractivity contribution in [3.63, 3.8) is 0 Å². The lowest BCUT2D eigenvalue weighted by atomic mass is 10.2. The molecule has 1 atom stereocenters. The molecule has 0 saturated heterocycles. The molecule has 1 aromatic carbocycles. The smallest absolute Gasteiger partial charge is 0.267 e. The van der Waals surface area contributed by atoms with Crippen molar-refractivity contribution in [1.29, 1.82) is 0 Å². The maximum atomic E-state index is 11.6. The zero-order valence-corrected chi connectivity index (χ0v) is 8.91. The van der Waals surface area contributed by atoms with Crippen LogP contribution >= 0.6 is 12.6 Å². The molecule has 1 unspecified atom stereocenters. The molecule has 0 aromatic heterocycles. The lowest BCUT2D eigenvalue weighted by molar-refractivity contribution is -0.125. The highest BCUT2D eigenvalue weighted by atomic mass is 32.1. The Bertz CT molecular complexity index is 392. The molecule has 0 spiro atoms. The number of likely N-dealkylation sites (N-methyl/N-ethyl adjacent to an activating group) is 1. The summed E-state index contributed by atoms with van der Waals surface area (Å²) >= 11 is 4.22. The quantitative estimate of drug-likeness (QED) is 0.659. The molecule has 0 radical (unpaired) electrons. The summed E-state index contributed by atoms with van der Waals surface area (Å²) in [5, 5.41) is 0. The van der Waals surface area contributed by atoms with E-state index in [1.165, 1.54) is 0 Å². The Morgan fingerprint density at radius 3 is 2.93 bits per heavy atom. The van der Waals surface area contributed by atoms with Crippen molar-refractivity contribution in [3.8, 4) is 5.75 Å². The van der Waals surface area contributed by atoms with Crippen molar-refractivity contribution in [2.75, 3.05) is 11.9 Å². The SMILES string of the molecule is CC1Oc2cc(S)ccc2N(C)C1=O. The molecule has 0 fully saturated rings. The van der Waals surface area contributed by atoms with E-state index in [1.54, 1.807) is 18.9 Å². The number of carbonyl (C=O) groups excluding carboxylic acids is 1. The first-order valence-electron chi connectivity index (χ1n) is 4.37. The van der Waals surface area contributed by atoms with Crippen molar-refractivity contribution in [3.05, 3.63) is 18.2 Å². The van der Waals surface area contributed by atoms with Crippen molar-refractivity contribution in [2.24, 2.45) is 0 Å². The average Bonchev–Trinajstić information content (AvgIpc) is 2.14. The van der Waals surface area contributed by atoms with Gasteiger partial charge in [0, 0.05) is 11.9 Å². The number of fused-ring (bicyclic) bond motifs is 1. The average molecular weight is 209 g/mol. The van der Waals surface area contributed by atoms with Crippen LogP contribution in [0.15, 0.2) is 23.1 Å². The van der Waals surface area contributed by atoms with Gasteiger partial charge in [-0.1, -0.05) is 0 Å². The molecule has 1 heterocycles. The Balaban J connectivity index is 2.50. The van der Waals surface area contributed by atoms with Crippen molar-refractivity contribution >= 4 is 24.2 Å². The summed E-state index contributed by atoms with van der Waals surface area (Å²) < 4.78 is 5.46. The molecule has 74 valence electrons. The van der Waals surface area contributed by atoms with Gasteiger partial charge in [-0.05, 0) is 25.1 Å². The van der Waals surface area contributed by atoms with Gasteiger partial charge in [-0.2, -0.15) is 0 Å². The van der Waals surface area contributed by atoms with E-state index in [0.29, 0.717) is 5.75 Å². The predicted octanol–water partition coefficient (Wildman–Crippen LogP) is 1.72. The highest BCUT2D eigenvalue weighted by molar-refractivity contribution is 7.80. The third-order valence-electron chi connectivity index (χ3n) is 2.29. The van der Waals surface area contributed by atoms with Gasteiger partial charge in [0.1, 0.15) is 5.75 Å². The standard InChI is InChI=1S/C10H11NO2S/c1-6-10(12)11(2)8-4-3-7(14)5-9(8)13-6/h3-6,14H,1-2H3. The number of benzene rings is 1. The minimum absolute atomic E-state index is 0.0237. The van der Waals surface area contributed by atoms with Crippen LogP contribution in [0.2, 0.25) is 0 Å². The highest BCUT2D eigenvalue weighted by Crippen LogP contribution is 2.34. The van der Waals surface area contributed by atoms with Crippen LogP contribution < -0.4 is 9.64 Å². The molecule has 0 saturated carbocycles. The number of carbonyl (C=O) groups is 1. The van der Waals surface area contributed by atoms with Gasteiger partial charge in [-0.15, -0.1) is 12.6 Å². The minimum atomic E-state index is -0.414. The highest BCUT2D eigenvalue weighted by Gasteiger charge is 2.28. The molecule has 0 aliphatic carbocycles. The van der Waals surface area contributed by atoms with Crippen molar-refractivity contribution in [1.82, 2.24) is 0 Å². The van der Waals surface area contributed by atoms with Crippen LogP contribution in [0.3, 0.4) is 0 Å². The lowest BCUT2D eigenvalue weighted by Gasteiger charge is -2.30. The van der Waals surface area contributed by atoms with Gasteiger partial charge < -0.3 is 9.64 Å². The number of nitrogens with zero attached hydrogens (tertiary/aromatic N) is 1. The van der Waals surface area contributed by atoms with E-state index in [2.05, 4.69) is 12.6 Å². The second-order valence-corrected chi connectivity index (χ2v) is 3.83. The summed E-state index contributed by atoms with van der Waals surface area (Å²) in [6, 6.07) is 5.49. The number of hydrogen-bond donors (Lipinski definition) is 1. The lowest BCUT2D eigenvalue weighted by Crippen LogP contribution is -2.41. The minimum Gasteiger partial charge on any atom is -0.479 e. The number of thiol groups is 1. The van der Waals surface area contributed by atoms with Crippen LogP contribution in [0.4, 0.5) is 5.69 Å². The molecule has 1 amide bonds. The van der Waals surface area contributed by atoms with Gasteiger partial charge in [0.25, 0.3) is 5.91 Å². The topological polar surface area (TPSA) is 29.5 Å². The van der Waals surface area contributed by atoms with E-state index >= 15 is 0 Å². The fraction of sp³-hybridized carbons (Fsp3) is 0.300. The summed E-state index contributed by atoms with van der Waals surface area (Å²) in [7, 11) is 1.75. The Hall–Kier alpha value is -1.16. The molecule has 1 aromatic rings. The monoisotopic (exact) mass is 209 g/mol. The predicted molar refractivity (Wildman–Crippen MR) is 57.2 cm³/mol. The van der Waals surface area contributed by atoms with E-state index in [4.69, 9.17) is 4.74 Å². The third kappa shape index (κ3) is 1.35. The number of hydrogen-bond acceptors (Lipinski definition) is 3. The van der Waals surface area contributed by atoms with Crippen LogP contribution in [0.1, 0.15) is 6.92 Å². The summed E-state index contributed by atoms with van der Waals surface area (Å²) in [4.78, 5) is 14.0. The summed E-state index contributed by atoms with van der Waals surface area (Å²) in [6.07, 6.45) is -0.414. The molecule has 0 bridgehead atoms. The second-order valence-electron chi connectivity index (χ2n) is 3.31. The van der Waals surface area contributed by atoms with E-state index < -0.39 is 6.10 Å². The molecular formula is C10H11NO2S. The maximum absolute atomic E-state index is 11.6. The Morgan fingerprint density at radius 1 is 1.50 bits per heavy atom. The normalized spacial score (nSPS) is 20.4. The second kappa shape index (κ2) is 3.20. The van der Waals surface area contributed by atoms with Gasteiger partial charge >= 0.3 is 0 Å². The molecule has 1 aliphatic rings. The largest absolute Gasteiger partial charge is 0.479 e. The number of ether oxygens (including phenoxy) is 1. The molecule has 3 nitrogen and oxygen atoms in total. The molecular weight excluding hydrogens is 198 g/mol. The molecule has 2 rings (SSSR count). The van der Waals surface area contributed by atoms with Crippen LogP contribution in [0.25, 0.3) is 0 Å². The first kappa shape index (κ1) is 9.40. The van der Waals surface area contributed by atoms with E-state index in [9.17, 15) is 4.79 Å². The zero-order valence-electron chi connectivity index (χ0n) is 8.02. The fourth-order valence-electron chi connectivity index (χ4n) is 1.51. The molecule has 0 N–H and O–H groups in total. The summed E-state index contributed by atoms with van der Waals surface area (Å²) in [6.45, 7) is 1.74. The van der Waals surface area contributed by atoms with E-state index in [-0.39, 0.29) is 5.91 Å². The first-order chi connectivity index (χ1) is 6.59. The van der Waals surface area contributed by atoms with Gasteiger partial charge in [0.2, 0.25) is 0 Å². The van der Waals surface area contributed by atoms with Gasteiger partial charge in [0.15, 0.2) is 6.10 Å². The number of anilines is 1. The van der Waals surface area contributed by atoms with Crippen LogP contribution in [-0.4, -0.2) is 19.1 Å². The Kier molecular flexibility index (Phi) is 2.15. The van der Waals surface area contributed by atoms with Crippen molar-refractivity contribution in [2.45, 2.75) is 17.9 Å². The van der Waals surface area contributed by atoms with Gasteiger partial charge in [-0.3, -0.25) is 4.79 Å². The van der Waals surface area contributed by atoms with Crippen LogP contribution in [-0.2, 0) is 4.79 Å². The number of rotatable bonds is 0. The number of amides is 1. The van der Waals surface area contributed by atoms with E-state index in [1.807, 2.05) is 18.2 Å². The third-order valence-corrected chi connectivity index (χ3v) is 2.57. The fourth-order valence-corrected chi connectivity index (χ4v) is 1.70. The van der Waals surface area contributed by atoms with Gasteiger partial charge in [0.05, 0.1) is 5.69 Å². The molecule has 14 heavy (non-hydrogen) atoms. The van der Waals surface area contributed by atoms with Crippen molar-refractivity contribution < 1.29 is 9.53 Å². The molecule has 1 aliphatic heterocycles. The first-order valence-corrected chi connectivity index (χ1v) is 4.81. The summed E-state index contributed by atoms with van der Waals surface area (Å²) in [5.41, 5.74) is 0.797. The Morgan fingerprint density at radius 2 is 2.21 bits per heavy atom. The molecule has 4 heteroatoms.